The lowest BCUT2D eigenvalue weighted by atomic mass is 10.3. The maximum Gasteiger partial charge on any atom is 0.0407 e. The molecule has 1 unspecified atom stereocenters. The Kier molecular flexibility index (Phi) is 3.87. The minimum Gasteiger partial charge on any atom is -0.261 e. The maximum atomic E-state index is 4.31. The van der Waals surface area contributed by atoms with Crippen molar-refractivity contribution in [2.75, 3.05) is 6.16 Å². The first kappa shape index (κ1) is 10.3. The van der Waals surface area contributed by atoms with Gasteiger partial charge in [0.15, 0.2) is 0 Å². The normalized spacial score (nSPS) is 10.9. The van der Waals surface area contributed by atoms with Crippen LogP contribution in [0.4, 0.5) is 0 Å². The molecule has 0 aliphatic heterocycles. The molecule has 0 aliphatic carbocycles. The summed E-state index contributed by atoms with van der Waals surface area (Å²) in [5.41, 5.74) is 1.20. The highest BCUT2D eigenvalue weighted by Gasteiger charge is 1.94. The number of aromatic nitrogens is 1. The van der Waals surface area contributed by atoms with Crippen LogP contribution in [0.2, 0.25) is 0 Å². The number of hydrogen-bond acceptors (Lipinski definition) is 1. The van der Waals surface area contributed by atoms with Crippen molar-refractivity contribution in [1.82, 2.24) is 4.98 Å². The van der Waals surface area contributed by atoms with Gasteiger partial charge in [0.25, 0.3) is 0 Å². The summed E-state index contributed by atoms with van der Waals surface area (Å²) in [6.45, 7) is 0. The second kappa shape index (κ2) is 5.63. The fourth-order valence-corrected chi connectivity index (χ4v) is 2.53. The van der Waals surface area contributed by atoms with Crippen molar-refractivity contribution < 1.29 is 0 Å². The van der Waals surface area contributed by atoms with Crippen molar-refractivity contribution in [2.45, 2.75) is 6.42 Å². The van der Waals surface area contributed by atoms with Crippen molar-refractivity contribution in [1.29, 1.82) is 0 Å². The van der Waals surface area contributed by atoms with Gasteiger partial charge in [-0.25, -0.2) is 0 Å². The predicted molar refractivity (Wildman–Crippen MR) is 67.2 cm³/mol. The molecule has 0 bridgehead atoms. The fraction of sp³-hybridized carbons (Fsp3) is 0.154. The van der Waals surface area contributed by atoms with E-state index >= 15 is 0 Å². The highest BCUT2D eigenvalue weighted by Crippen LogP contribution is 2.11. The summed E-state index contributed by atoms with van der Waals surface area (Å²) in [4.78, 5) is 4.31. The molecule has 1 atom stereocenters. The van der Waals surface area contributed by atoms with Crippen LogP contribution >= 0.6 is 8.58 Å². The molecule has 0 fully saturated rings. The minimum atomic E-state index is 0.890. The van der Waals surface area contributed by atoms with Crippen LogP contribution < -0.4 is 5.30 Å². The van der Waals surface area contributed by atoms with E-state index in [4.69, 9.17) is 0 Å². The zero-order valence-corrected chi connectivity index (χ0v) is 9.56. The Morgan fingerprint density at radius 3 is 2.47 bits per heavy atom. The van der Waals surface area contributed by atoms with Gasteiger partial charge in [0.1, 0.15) is 0 Å². The van der Waals surface area contributed by atoms with E-state index in [1.54, 1.807) is 0 Å². The largest absolute Gasteiger partial charge is 0.261 e. The Morgan fingerprint density at radius 2 is 1.73 bits per heavy atom. The Hall–Kier alpha value is -1.20. The van der Waals surface area contributed by atoms with E-state index in [2.05, 4.69) is 41.4 Å². The van der Waals surface area contributed by atoms with Gasteiger partial charge in [-0.05, 0) is 30.0 Å². The highest BCUT2D eigenvalue weighted by molar-refractivity contribution is 7.47. The molecule has 76 valence electrons. The summed E-state index contributed by atoms with van der Waals surface area (Å²) in [5, 5.41) is 1.44. The Morgan fingerprint density at radius 1 is 0.933 bits per heavy atom. The molecular formula is C13H14NP. The quantitative estimate of drug-likeness (QED) is 0.714. The van der Waals surface area contributed by atoms with E-state index in [9.17, 15) is 0 Å². The van der Waals surface area contributed by atoms with Gasteiger partial charge < -0.3 is 0 Å². The fourth-order valence-electron chi connectivity index (χ4n) is 1.44. The van der Waals surface area contributed by atoms with Crippen LogP contribution in [0.3, 0.4) is 0 Å². The molecule has 1 aromatic carbocycles. The Bertz CT molecular complexity index is 346. The van der Waals surface area contributed by atoms with Crippen LogP contribution in [0, 0.1) is 0 Å². The van der Waals surface area contributed by atoms with Crippen LogP contribution in [-0.4, -0.2) is 11.1 Å². The third kappa shape index (κ3) is 3.45. The summed E-state index contributed by atoms with van der Waals surface area (Å²) in [6, 6.07) is 16.7. The van der Waals surface area contributed by atoms with Crippen molar-refractivity contribution in [3.63, 3.8) is 0 Å². The van der Waals surface area contributed by atoms with Gasteiger partial charge in [-0.15, -0.1) is 0 Å². The monoisotopic (exact) mass is 215 g/mol. The van der Waals surface area contributed by atoms with Crippen LogP contribution in [0.15, 0.2) is 54.7 Å². The molecule has 1 aromatic heterocycles. The standard InChI is InChI=1S/C13H14NP/c1-2-7-13(8-3-1)15-11-9-12-6-4-5-10-14-12/h1-8,10,15H,9,11H2. The Balaban J connectivity index is 1.81. The molecule has 2 rings (SSSR count). The predicted octanol–water partition coefficient (Wildman–Crippen LogP) is 2.63. The number of pyridine rings is 1. The summed E-state index contributed by atoms with van der Waals surface area (Å²) < 4.78 is 0. The molecule has 0 spiro atoms. The number of rotatable bonds is 4. The molecule has 0 saturated heterocycles. The van der Waals surface area contributed by atoms with E-state index in [-0.39, 0.29) is 0 Å². The van der Waals surface area contributed by atoms with E-state index in [1.807, 2.05) is 18.3 Å². The molecule has 2 heteroatoms. The lowest BCUT2D eigenvalue weighted by Crippen LogP contribution is -1.97. The lowest BCUT2D eigenvalue weighted by Gasteiger charge is -2.01. The van der Waals surface area contributed by atoms with Crippen LogP contribution in [0.5, 0.6) is 0 Å². The third-order valence-corrected chi connectivity index (χ3v) is 3.45. The summed E-state index contributed by atoms with van der Waals surface area (Å²) in [6.07, 6.45) is 4.14. The summed E-state index contributed by atoms with van der Waals surface area (Å²) in [7, 11) is 0.890. The first-order valence-electron chi connectivity index (χ1n) is 5.14. The van der Waals surface area contributed by atoms with Gasteiger partial charge in [0.2, 0.25) is 0 Å². The van der Waals surface area contributed by atoms with Gasteiger partial charge in [0, 0.05) is 11.9 Å². The summed E-state index contributed by atoms with van der Waals surface area (Å²) in [5.74, 6) is 0. The molecule has 0 aliphatic rings. The average molecular weight is 215 g/mol. The van der Waals surface area contributed by atoms with Gasteiger partial charge >= 0.3 is 0 Å². The second-order valence-electron chi connectivity index (χ2n) is 3.36. The number of nitrogens with zero attached hydrogens (tertiary/aromatic N) is 1. The molecular weight excluding hydrogens is 201 g/mol. The van der Waals surface area contributed by atoms with Gasteiger partial charge in [0.05, 0.1) is 0 Å². The Labute approximate surface area is 92.4 Å². The highest BCUT2D eigenvalue weighted by atomic mass is 31.1. The molecule has 15 heavy (non-hydrogen) atoms. The average Bonchev–Trinajstić information content (AvgIpc) is 2.32. The molecule has 1 heterocycles. The summed E-state index contributed by atoms with van der Waals surface area (Å²) >= 11 is 0. The molecule has 0 saturated carbocycles. The topological polar surface area (TPSA) is 12.9 Å². The number of aryl methyl sites for hydroxylation is 1. The van der Waals surface area contributed by atoms with E-state index in [0.29, 0.717) is 0 Å². The second-order valence-corrected chi connectivity index (χ2v) is 4.79. The van der Waals surface area contributed by atoms with E-state index < -0.39 is 0 Å². The smallest absolute Gasteiger partial charge is 0.0407 e. The van der Waals surface area contributed by atoms with Gasteiger partial charge in [-0.2, -0.15) is 0 Å². The molecule has 1 nitrogen and oxygen atoms in total. The first-order chi connectivity index (χ1) is 7.45. The van der Waals surface area contributed by atoms with Crippen molar-refractivity contribution in [2.24, 2.45) is 0 Å². The zero-order chi connectivity index (χ0) is 10.3. The van der Waals surface area contributed by atoms with Crippen LogP contribution in [-0.2, 0) is 6.42 Å². The van der Waals surface area contributed by atoms with Crippen molar-refractivity contribution >= 4 is 13.9 Å². The first-order valence-corrected chi connectivity index (χ1v) is 6.35. The zero-order valence-electron chi connectivity index (χ0n) is 8.56. The van der Waals surface area contributed by atoms with Crippen LogP contribution in [0.1, 0.15) is 5.69 Å². The van der Waals surface area contributed by atoms with Crippen molar-refractivity contribution in [3.05, 3.63) is 60.4 Å². The van der Waals surface area contributed by atoms with Crippen LogP contribution in [0.25, 0.3) is 0 Å². The van der Waals surface area contributed by atoms with Gasteiger partial charge in [-0.1, -0.05) is 45.0 Å². The SMILES string of the molecule is c1ccc(PCCc2ccccn2)cc1. The van der Waals surface area contributed by atoms with E-state index in [1.165, 1.54) is 17.2 Å². The third-order valence-electron chi connectivity index (χ3n) is 2.21. The molecule has 0 amide bonds. The van der Waals surface area contributed by atoms with Crippen molar-refractivity contribution in [3.8, 4) is 0 Å². The maximum absolute atomic E-state index is 4.31. The molecule has 2 aromatic rings. The van der Waals surface area contributed by atoms with E-state index in [0.717, 1.165) is 15.0 Å². The van der Waals surface area contributed by atoms with Gasteiger partial charge in [-0.3, -0.25) is 4.98 Å². The molecule has 0 N–H and O–H groups in total. The number of benzene rings is 1. The molecule has 0 radical (unpaired) electrons. The number of hydrogen-bond donors (Lipinski definition) is 0. The minimum absolute atomic E-state index is 0.890. The lowest BCUT2D eigenvalue weighted by molar-refractivity contribution is 1.05.